The van der Waals surface area contributed by atoms with Crippen molar-refractivity contribution < 1.29 is 39.5 Å². The Balaban J connectivity index is 0. The Morgan fingerprint density at radius 3 is 1.68 bits per heavy atom. The lowest BCUT2D eigenvalue weighted by molar-refractivity contribution is -0.151. The van der Waals surface area contributed by atoms with Gasteiger partial charge in [-0.05, 0) is 6.92 Å². The molecule has 0 aliphatic carbocycles. The Kier molecular flexibility index (Phi) is 13.3. The Morgan fingerprint density at radius 1 is 1.00 bits per heavy atom. The van der Waals surface area contributed by atoms with E-state index >= 15 is 0 Å². The highest BCUT2D eigenvalue weighted by molar-refractivity contribution is 5.82. The lowest BCUT2D eigenvalue weighted by Crippen LogP contribution is -2.37. The maximum atomic E-state index is 10.6. The molecule has 1 atom stereocenters. The molecule has 8 nitrogen and oxygen atoms in total. The van der Waals surface area contributed by atoms with Crippen molar-refractivity contribution in [3.05, 3.63) is 25.3 Å². The first-order valence-electron chi connectivity index (χ1n) is 6.40. The SMILES string of the molecule is C=CC(=O)OCC(C)OC(=O)C=C.OCC(CO)(CO)CO. The van der Waals surface area contributed by atoms with Gasteiger partial charge in [0.2, 0.25) is 0 Å². The van der Waals surface area contributed by atoms with Crippen molar-refractivity contribution in [2.24, 2.45) is 5.41 Å². The Hall–Kier alpha value is -1.74. The Bertz CT molecular complexity index is 331. The van der Waals surface area contributed by atoms with E-state index in [9.17, 15) is 9.59 Å². The van der Waals surface area contributed by atoms with Crippen molar-refractivity contribution >= 4 is 11.9 Å². The summed E-state index contributed by atoms with van der Waals surface area (Å²) in [5, 5.41) is 34.0. The van der Waals surface area contributed by atoms with E-state index in [4.69, 9.17) is 25.2 Å². The van der Waals surface area contributed by atoms with E-state index < -0.39 is 49.9 Å². The summed E-state index contributed by atoms with van der Waals surface area (Å²) < 4.78 is 9.36. The fraction of sp³-hybridized carbons (Fsp3) is 0.571. The molecule has 128 valence electrons. The molecule has 0 saturated carbocycles. The standard InChI is InChI=1S/C9H12O4.C5H12O4/c1-4-8(10)12-6-7(3)13-9(11)5-2;6-1-5(2-7,3-8)4-9/h4-5,7H,1-2,6H2,3H3;6-9H,1-4H2. The predicted molar refractivity (Wildman–Crippen MR) is 77.7 cm³/mol. The van der Waals surface area contributed by atoms with Crippen LogP contribution < -0.4 is 0 Å². The molecule has 0 aliphatic rings. The number of carbonyl (C=O) groups excluding carboxylic acids is 2. The molecule has 0 saturated heterocycles. The maximum Gasteiger partial charge on any atom is 0.330 e. The van der Waals surface area contributed by atoms with Gasteiger partial charge in [0, 0.05) is 12.2 Å². The molecule has 4 N–H and O–H groups in total. The smallest absolute Gasteiger partial charge is 0.330 e. The summed E-state index contributed by atoms with van der Waals surface area (Å²) >= 11 is 0. The summed E-state index contributed by atoms with van der Waals surface area (Å²) in [5.41, 5.74) is -1.11. The lowest BCUT2D eigenvalue weighted by atomic mass is 9.93. The minimum Gasteiger partial charge on any atom is -0.459 e. The number of aliphatic hydroxyl groups excluding tert-OH is 4. The zero-order valence-corrected chi connectivity index (χ0v) is 12.6. The molecule has 0 rings (SSSR count). The quantitative estimate of drug-likeness (QED) is 0.307. The Labute approximate surface area is 129 Å². The third kappa shape index (κ3) is 10.1. The van der Waals surface area contributed by atoms with Crippen LogP contribution in [0, 0.1) is 5.41 Å². The third-order valence-electron chi connectivity index (χ3n) is 2.45. The summed E-state index contributed by atoms with van der Waals surface area (Å²) in [7, 11) is 0. The van der Waals surface area contributed by atoms with Crippen LogP contribution in [0.4, 0.5) is 0 Å². The second-order valence-corrected chi connectivity index (χ2v) is 4.42. The largest absolute Gasteiger partial charge is 0.459 e. The molecule has 0 radical (unpaired) electrons. The summed E-state index contributed by atoms with van der Waals surface area (Å²) in [4.78, 5) is 21.2. The van der Waals surface area contributed by atoms with E-state index in [-0.39, 0.29) is 6.61 Å². The average Bonchev–Trinajstić information content (AvgIpc) is 2.55. The first-order valence-corrected chi connectivity index (χ1v) is 6.40. The second kappa shape index (κ2) is 13.0. The number of ether oxygens (including phenoxy) is 2. The van der Waals surface area contributed by atoms with Crippen molar-refractivity contribution in [2.45, 2.75) is 13.0 Å². The van der Waals surface area contributed by atoms with Gasteiger partial charge in [-0.1, -0.05) is 13.2 Å². The summed E-state index contributed by atoms with van der Waals surface area (Å²) in [6.45, 7) is 6.45. The number of aliphatic hydroxyl groups is 4. The lowest BCUT2D eigenvalue weighted by Gasteiger charge is -2.23. The molecule has 0 aromatic rings. The molecule has 0 aromatic carbocycles. The molecule has 0 heterocycles. The van der Waals surface area contributed by atoms with Gasteiger partial charge in [-0.15, -0.1) is 0 Å². The van der Waals surface area contributed by atoms with Crippen molar-refractivity contribution in [1.29, 1.82) is 0 Å². The van der Waals surface area contributed by atoms with Gasteiger partial charge in [-0.2, -0.15) is 0 Å². The normalized spacial score (nSPS) is 11.5. The van der Waals surface area contributed by atoms with E-state index in [1.807, 2.05) is 0 Å². The molecule has 22 heavy (non-hydrogen) atoms. The van der Waals surface area contributed by atoms with Gasteiger partial charge in [-0.3, -0.25) is 0 Å². The number of hydrogen-bond donors (Lipinski definition) is 4. The fourth-order valence-corrected chi connectivity index (χ4v) is 0.839. The molecule has 1 unspecified atom stereocenters. The van der Waals surface area contributed by atoms with Crippen LogP contribution in [0.2, 0.25) is 0 Å². The number of rotatable bonds is 9. The van der Waals surface area contributed by atoms with Crippen LogP contribution >= 0.6 is 0 Å². The van der Waals surface area contributed by atoms with Crippen LogP contribution in [0.15, 0.2) is 25.3 Å². The molecule has 8 heteroatoms. The topological polar surface area (TPSA) is 134 Å². The van der Waals surface area contributed by atoms with Crippen molar-refractivity contribution in [1.82, 2.24) is 0 Å². The zero-order chi connectivity index (χ0) is 17.6. The summed E-state index contributed by atoms with van der Waals surface area (Å²) in [6.07, 6.45) is 1.61. The minimum absolute atomic E-state index is 0.0183. The van der Waals surface area contributed by atoms with Gasteiger partial charge in [0.05, 0.1) is 31.8 Å². The van der Waals surface area contributed by atoms with Gasteiger partial charge in [0.1, 0.15) is 12.7 Å². The van der Waals surface area contributed by atoms with Crippen molar-refractivity contribution in [2.75, 3.05) is 33.0 Å². The number of esters is 2. The van der Waals surface area contributed by atoms with Crippen LogP contribution in [-0.2, 0) is 19.1 Å². The van der Waals surface area contributed by atoms with Gasteiger partial charge < -0.3 is 29.9 Å². The monoisotopic (exact) mass is 320 g/mol. The van der Waals surface area contributed by atoms with Gasteiger partial charge in [-0.25, -0.2) is 9.59 Å². The van der Waals surface area contributed by atoms with Gasteiger partial charge in [0.25, 0.3) is 0 Å². The second-order valence-electron chi connectivity index (χ2n) is 4.42. The fourth-order valence-electron chi connectivity index (χ4n) is 0.839. The summed E-state index contributed by atoms with van der Waals surface area (Å²) in [5.74, 6) is -1.08. The van der Waals surface area contributed by atoms with Crippen LogP contribution in [0.25, 0.3) is 0 Å². The average molecular weight is 320 g/mol. The van der Waals surface area contributed by atoms with E-state index in [2.05, 4.69) is 17.9 Å². The van der Waals surface area contributed by atoms with Crippen molar-refractivity contribution in [3.63, 3.8) is 0 Å². The first kappa shape index (κ1) is 22.5. The van der Waals surface area contributed by atoms with Gasteiger partial charge >= 0.3 is 11.9 Å². The third-order valence-corrected chi connectivity index (χ3v) is 2.45. The number of carbonyl (C=O) groups is 2. The molecule has 0 aromatic heterocycles. The zero-order valence-electron chi connectivity index (χ0n) is 12.6. The maximum absolute atomic E-state index is 10.6. The molecule has 0 bridgehead atoms. The highest BCUT2D eigenvalue weighted by Crippen LogP contribution is 2.11. The van der Waals surface area contributed by atoms with E-state index in [1.165, 1.54) is 0 Å². The molecule has 0 aliphatic heterocycles. The van der Waals surface area contributed by atoms with E-state index in [0.717, 1.165) is 12.2 Å². The van der Waals surface area contributed by atoms with E-state index in [1.54, 1.807) is 6.92 Å². The highest BCUT2D eigenvalue weighted by Gasteiger charge is 2.26. The minimum atomic E-state index is -1.11. The first-order chi connectivity index (χ1) is 10.3. The van der Waals surface area contributed by atoms with Gasteiger partial charge in [0.15, 0.2) is 0 Å². The molecular weight excluding hydrogens is 296 g/mol. The predicted octanol–water partition coefficient (Wildman–Crippen LogP) is -1.22. The molecule has 0 fully saturated rings. The van der Waals surface area contributed by atoms with Crippen LogP contribution in [0.5, 0.6) is 0 Å². The Morgan fingerprint density at radius 2 is 1.41 bits per heavy atom. The van der Waals surface area contributed by atoms with Crippen LogP contribution in [0.1, 0.15) is 6.92 Å². The van der Waals surface area contributed by atoms with E-state index in [0.29, 0.717) is 0 Å². The number of hydrogen-bond acceptors (Lipinski definition) is 8. The molecule has 0 amide bonds. The van der Waals surface area contributed by atoms with Crippen molar-refractivity contribution in [3.8, 4) is 0 Å². The molecule has 0 spiro atoms. The highest BCUT2D eigenvalue weighted by atomic mass is 16.6. The summed E-state index contributed by atoms with van der Waals surface area (Å²) in [6, 6.07) is 0. The van der Waals surface area contributed by atoms with Crippen LogP contribution in [-0.4, -0.2) is 71.5 Å². The molecular formula is C14H24O8. The van der Waals surface area contributed by atoms with Crippen LogP contribution in [0.3, 0.4) is 0 Å².